The maximum atomic E-state index is 4.30. The maximum absolute atomic E-state index is 4.30. The maximum Gasteiger partial charge on any atom is 0.0133 e. The summed E-state index contributed by atoms with van der Waals surface area (Å²) >= 11 is 0. The van der Waals surface area contributed by atoms with Gasteiger partial charge in [-0.1, -0.05) is 37.3 Å². The lowest BCUT2D eigenvalue weighted by Gasteiger charge is -2.00. The average molecular weight is 176 g/mol. The molecule has 0 bridgehead atoms. The third-order valence-corrected chi connectivity index (χ3v) is 2.10. The first-order valence-corrected chi connectivity index (χ1v) is 5.10. The molecule has 1 aromatic carbocycles. The molecule has 0 spiro atoms. The number of benzene rings is 1. The van der Waals surface area contributed by atoms with Crippen molar-refractivity contribution in [2.45, 2.75) is 26.2 Å². The van der Waals surface area contributed by atoms with Crippen molar-refractivity contribution >= 4 is 0 Å². The average Bonchev–Trinajstić information content (AvgIpc) is 2.19. The fraction of sp³-hybridized carbons (Fsp3) is 0.500. The minimum Gasteiger partial charge on any atom is -0.242 e. The van der Waals surface area contributed by atoms with Crippen molar-refractivity contribution in [2.24, 2.45) is 0 Å². The summed E-state index contributed by atoms with van der Waals surface area (Å²) in [6, 6.07) is 10.7. The highest BCUT2D eigenvalue weighted by atomic mass is 14.8. The highest BCUT2D eigenvalue weighted by Gasteiger charge is 1.91. The lowest BCUT2D eigenvalue weighted by Crippen LogP contribution is -2.05. The van der Waals surface area contributed by atoms with Gasteiger partial charge in [0, 0.05) is 13.1 Å². The van der Waals surface area contributed by atoms with E-state index in [1.54, 1.807) is 0 Å². The summed E-state index contributed by atoms with van der Waals surface area (Å²) in [6.07, 6.45) is 3.68. The second-order valence-electron chi connectivity index (χ2n) is 3.21. The van der Waals surface area contributed by atoms with E-state index in [9.17, 15) is 0 Å². The third kappa shape index (κ3) is 4.69. The molecule has 0 saturated heterocycles. The van der Waals surface area contributed by atoms with Crippen LogP contribution in [0.2, 0.25) is 0 Å². The van der Waals surface area contributed by atoms with Gasteiger partial charge in [0.1, 0.15) is 0 Å². The van der Waals surface area contributed by atoms with E-state index >= 15 is 0 Å². The van der Waals surface area contributed by atoms with Crippen LogP contribution in [0.15, 0.2) is 30.3 Å². The molecule has 1 nitrogen and oxygen atoms in total. The van der Waals surface area contributed by atoms with Crippen molar-refractivity contribution in [1.82, 2.24) is 5.32 Å². The monoisotopic (exact) mass is 176 g/mol. The van der Waals surface area contributed by atoms with E-state index in [0.717, 1.165) is 13.1 Å². The number of nitrogens with zero attached hydrogens (tertiary/aromatic N) is 1. The van der Waals surface area contributed by atoms with E-state index in [2.05, 4.69) is 42.6 Å². The predicted octanol–water partition coefficient (Wildman–Crippen LogP) is 2.63. The molecule has 0 atom stereocenters. The first kappa shape index (κ1) is 10.3. The molecule has 0 saturated carbocycles. The first-order chi connectivity index (χ1) is 6.43. The third-order valence-electron chi connectivity index (χ3n) is 2.10. The molecular formula is C12H18N. The fourth-order valence-corrected chi connectivity index (χ4v) is 1.36. The minimum absolute atomic E-state index is 0.964. The molecule has 0 aliphatic rings. The summed E-state index contributed by atoms with van der Waals surface area (Å²) in [5.41, 5.74) is 1.44. The SMILES string of the molecule is CC[N]CCCCc1ccccc1. The molecule has 0 heterocycles. The summed E-state index contributed by atoms with van der Waals surface area (Å²) in [4.78, 5) is 0. The van der Waals surface area contributed by atoms with Crippen LogP contribution >= 0.6 is 0 Å². The number of aryl methyl sites for hydroxylation is 1. The van der Waals surface area contributed by atoms with Gasteiger partial charge in [-0.2, -0.15) is 0 Å². The Balaban J connectivity index is 2.07. The van der Waals surface area contributed by atoms with Gasteiger partial charge in [0.25, 0.3) is 0 Å². The zero-order valence-corrected chi connectivity index (χ0v) is 8.37. The first-order valence-electron chi connectivity index (χ1n) is 5.10. The van der Waals surface area contributed by atoms with E-state index in [0.29, 0.717) is 0 Å². The summed E-state index contributed by atoms with van der Waals surface area (Å²) in [7, 11) is 0. The molecule has 0 unspecified atom stereocenters. The van der Waals surface area contributed by atoms with Crippen LogP contribution in [0, 0.1) is 0 Å². The molecule has 0 aliphatic carbocycles. The molecule has 0 aromatic heterocycles. The molecule has 1 aromatic rings. The van der Waals surface area contributed by atoms with Gasteiger partial charge in [-0.15, -0.1) is 0 Å². The lowest BCUT2D eigenvalue weighted by atomic mass is 10.1. The Labute approximate surface area is 81.2 Å². The predicted molar refractivity (Wildman–Crippen MR) is 56.9 cm³/mol. The van der Waals surface area contributed by atoms with Crippen LogP contribution < -0.4 is 5.32 Å². The zero-order chi connectivity index (χ0) is 9.36. The van der Waals surface area contributed by atoms with Crippen molar-refractivity contribution in [3.63, 3.8) is 0 Å². The molecule has 0 aliphatic heterocycles. The van der Waals surface area contributed by atoms with E-state index in [1.165, 1.54) is 24.8 Å². The minimum atomic E-state index is 0.964. The van der Waals surface area contributed by atoms with Crippen LogP contribution in [0.25, 0.3) is 0 Å². The summed E-state index contributed by atoms with van der Waals surface area (Å²) in [5, 5.41) is 4.30. The number of rotatable bonds is 6. The van der Waals surface area contributed by atoms with E-state index in [-0.39, 0.29) is 0 Å². The number of hydrogen-bond donors (Lipinski definition) is 0. The van der Waals surface area contributed by atoms with Crippen molar-refractivity contribution in [2.75, 3.05) is 13.1 Å². The van der Waals surface area contributed by atoms with Crippen molar-refractivity contribution in [3.05, 3.63) is 35.9 Å². The highest BCUT2D eigenvalue weighted by molar-refractivity contribution is 5.14. The van der Waals surface area contributed by atoms with Gasteiger partial charge in [0.15, 0.2) is 0 Å². The molecule has 0 amide bonds. The topological polar surface area (TPSA) is 14.1 Å². The largest absolute Gasteiger partial charge is 0.242 e. The van der Waals surface area contributed by atoms with Gasteiger partial charge in [-0.3, -0.25) is 0 Å². The van der Waals surface area contributed by atoms with Gasteiger partial charge in [0.2, 0.25) is 0 Å². The summed E-state index contributed by atoms with van der Waals surface area (Å²) in [5.74, 6) is 0. The van der Waals surface area contributed by atoms with E-state index in [4.69, 9.17) is 0 Å². The van der Waals surface area contributed by atoms with E-state index < -0.39 is 0 Å². The van der Waals surface area contributed by atoms with Gasteiger partial charge in [0.05, 0.1) is 0 Å². The van der Waals surface area contributed by atoms with E-state index in [1.807, 2.05) is 0 Å². The van der Waals surface area contributed by atoms with Crippen LogP contribution in [-0.2, 0) is 6.42 Å². The van der Waals surface area contributed by atoms with Gasteiger partial charge >= 0.3 is 0 Å². The molecule has 1 radical (unpaired) electrons. The van der Waals surface area contributed by atoms with Crippen LogP contribution in [0.4, 0.5) is 0 Å². The normalized spacial score (nSPS) is 10.2. The molecule has 0 fully saturated rings. The summed E-state index contributed by atoms with van der Waals surface area (Å²) in [6.45, 7) is 4.09. The molecule has 13 heavy (non-hydrogen) atoms. The molecule has 0 N–H and O–H groups in total. The Morgan fingerprint density at radius 1 is 1.08 bits per heavy atom. The Hall–Kier alpha value is -0.820. The highest BCUT2D eigenvalue weighted by Crippen LogP contribution is 2.03. The van der Waals surface area contributed by atoms with Crippen LogP contribution in [-0.4, -0.2) is 13.1 Å². The molecular weight excluding hydrogens is 158 g/mol. The van der Waals surface area contributed by atoms with Crippen LogP contribution in [0.3, 0.4) is 0 Å². The lowest BCUT2D eigenvalue weighted by molar-refractivity contribution is 0.631. The molecule has 1 heteroatoms. The van der Waals surface area contributed by atoms with Crippen LogP contribution in [0.1, 0.15) is 25.3 Å². The molecule has 71 valence electrons. The fourth-order valence-electron chi connectivity index (χ4n) is 1.36. The Kier molecular flexibility index (Phi) is 5.27. The van der Waals surface area contributed by atoms with Crippen LogP contribution in [0.5, 0.6) is 0 Å². The van der Waals surface area contributed by atoms with Gasteiger partial charge in [-0.25, -0.2) is 5.32 Å². The van der Waals surface area contributed by atoms with Gasteiger partial charge in [-0.05, 0) is 24.8 Å². The molecule has 1 rings (SSSR count). The Morgan fingerprint density at radius 3 is 2.54 bits per heavy atom. The van der Waals surface area contributed by atoms with Crippen molar-refractivity contribution in [3.8, 4) is 0 Å². The standard InChI is InChI=1S/C12H18N/c1-2-13-11-7-6-10-12-8-4-3-5-9-12/h3-5,8-9H,2,6-7,10-11H2,1H3. The number of unbranched alkanes of at least 4 members (excludes halogenated alkanes) is 1. The smallest absolute Gasteiger partial charge is 0.0133 e. The quantitative estimate of drug-likeness (QED) is 0.592. The Morgan fingerprint density at radius 2 is 1.85 bits per heavy atom. The second kappa shape index (κ2) is 6.67. The Bertz CT molecular complexity index is 206. The number of hydrogen-bond acceptors (Lipinski definition) is 0. The van der Waals surface area contributed by atoms with Crippen molar-refractivity contribution < 1.29 is 0 Å². The summed E-state index contributed by atoms with van der Waals surface area (Å²) < 4.78 is 0. The van der Waals surface area contributed by atoms with Gasteiger partial charge < -0.3 is 0 Å². The van der Waals surface area contributed by atoms with Crippen molar-refractivity contribution in [1.29, 1.82) is 0 Å². The zero-order valence-electron chi connectivity index (χ0n) is 8.37. The second-order valence-corrected chi connectivity index (χ2v) is 3.21.